The number of piperidine rings is 1. The Morgan fingerprint density at radius 3 is 2.52 bits per heavy atom. The van der Waals surface area contributed by atoms with E-state index < -0.39 is 0 Å². The summed E-state index contributed by atoms with van der Waals surface area (Å²) in [6.07, 6.45) is 3.74. The molecule has 1 N–H and O–H groups in total. The van der Waals surface area contributed by atoms with E-state index in [1.165, 1.54) is 31.0 Å². The van der Waals surface area contributed by atoms with Crippen molar-refractivity contribution >= 4 is 35.0 Å². The summed E-state index contributed by atoms with van der Waals surface area (Å²) < 4.78 is 2.07. The van der Waals surface area contributed by atoms with Crippen LogP contribution in [0.5, 0.6) is 0 Å². The van der Waals surface area contributed by atoms with Gasteiger partial charge in [0.1, 0.15) is 0 Å². The van der Waals surface area contributed by atoms with Gasteiger partial charge in [-0.15, -0.1) is 10.2 Å². The summed E-state index contributed by atoms with van der Waals surface area (Å²) in [6, 6.07) is 17.3. The van der Waals surface area contributed by atoms with Crippen LogP contribution in [-0.4, -0.2) is 43.9 Å². The number of thioether (sulfide) groups is 1. The van der Waals surface area contributed by atoms with Crippen molar-refractivity contribution in [3.63, 3.8) is 0 Å². The highest BCUT2D eigenvalue weighted by atomic mass is 35.5. The largest absolute Gasteiger partial charge is 0.324 e. The molecule has 2 heterocycles. The molecule has 1 unspecified atom stereocenters. The third kappa shape index (κ3) is 5.47. The van der Waals surface area contributed by atoms with Gasteiger partial charge in [-0.2, -0.15) is 0 Å². The smallest absolute Gasteiger partial charge is 0.237 e. The zero-order valence-electron chi connectivity index (χ0n) is 17.5. The number of para-hydroxylation sites is 2. The highest BCUT2D eigenvalue weighted by Crippen LogP contribution is 2.28. The van der Waals surface area contributed by atoms with E-state index in [4.69, 9.17) is 11.6 Å². The summed E-state index contributed by atoms with van der Waals surface area (Å²) in [5, 5.41) is 12.7. The lowest BCUT2D eigenvalue weighted by Gasteiger charge is -2.26. The van der Waals surface area contributed by atoms with Gasteiger partial charge in [-0.25, -0.2) is 0 Å². The molecule has 0 spiro atoms. The number of amides is 1. The molecule has 1 amide bonds. The molecule has 0 radical (unpaired) electrons. The number of likely N-dealkylation sites (tertiary alicyclic amines) is 1. The number of hydrogen-bond donors (Lipinski definition) is 1. The number of hydrogen-bond acceptors (Lipinski definition) is 5. The molecule has 1 aliphatic rings. The average Bonchev–Trinajstić information content (AvgIpc) is 3.18. The standard InChI is InChI=1S/C23H26ClN5OS/c1-17(22(30)25-20-13-7-6-12-19(20)24)31-23-27-26-21(16-28-14-8-3-9-15-28)29(23)18-10-4-2-5-11-18/h2,4-7,10-13,17H,3,8-9,14-16H2,1H3,(H,25,30). The van der Waals surface area contributed by atoms with Crippen LogP contribution in [0.15, 0.2) is 59.8 Å². The van der Waals surface area contributed by atoms with Crippen molar-refractivity contribution < 1.29 is 4.79 Å². The maximum Gasteiger partial charge on any atom is 0.237 e. The van der Waals surface area contributed by atoms with E-state index in [-0.39, 0.29) is 11.2 Å². The van der Waals surface area contributed by atoms with Gasteiger partial charge in [0.2, 0.25) is 5.91 Å². The SMILES string of the molecule is CC(Sc1nnc(CN2CCCCC2)n1-c1ccccc1)C(=O)Nc1ccccc1Cl. The molecular formula is C23H26ClN5OS. The minimum Gasteiger partial charge on any atom is -0.324 e. The molecule has 1 aromatic heterocycles. The Bertz CT molecular complexity index is 1020. The van der Waals surface area contributed by atoms with Crippen molar-refractivity contribution in [3.05, 3.63) is 65.4 Å². The molecular weight excluding hydrogens is 430 g/mol. The Kier molecular flexibility index (Phi) is 7.27. The van der Waals surface area contributed by atoms with Gasteiger partial charge in [0.25, 0.3) is 0 Å². The normalized spacial score (nSPS) is 15.5. The number of anilines is 1. The fourth-order valence-electron chi connectivity index (χ4n) is 3.64. The van der Waals surface area contributed by atoms with Crippen LogP contribution in [0.3, 0.4) is 0 Å². The molecule has 0 aliphatic carbocycles. The van der Waals surface area contributed by atoms with Crippen LogP contribution >= 0.6 is 23.4 Å². The molecule has 1 aliphatic heterocycles. The van der Waals surface area contributed by atoms with E-state index in [9.17, 15) is 4.79 Å². The minimum atomic E-state index is -0.370. The number of nitrogens with zero attached hydrogens (tertiary/aromatic N) is 4. The summed E-state index contributed by atoms with van der Waals surface area (Å²) >= 11 is 7.58. The topological polar surface area (TPSA) is 63.1 Å². The molecule has 6 nitrogen and oxygen atoms in total. The maximum atomic E-state index is 12.8. The summed E-state index contributed by atoms with van der Waals surface area (Å²) in [5.74, 6) is 0.771. The predicted octanol–water partition coefficient (Wildman–Crippen LogP) is 5.03. The molecule has 0 bridgehead atoms. The lowest BCUT2D eigenvalue weighted by molar-refractivity contribution is -0.115. The molecule has 1 fully saturated rings. The number of halogens is 1. The molecule has 8 heteroatoms. The molecule has 0 saturated carbocycles. The second-order valence-electron chi connectivity index (χ2n) is 7.64. The van der Waals surface area contributed by atoms with Gasteiger partial charge in [0.05, 0.1) is 22.5 Å². The van der Waals surface area contributed by atoms with Crippen molar-refractivity contribution in [2.45, 2.75) is 43.1 Å². The van der Waals surface area contributed by atoms with Crippen LogP contribution in [0.1, 0.15) is 32.0 Å². The molecule has 2 aromatic carbocycles. The summed E-state index contributed by atoms with van der Waals surface area (Å²) in [7, 11) is 0. The Morgan fingerprint density at radius 1 is 1.06 bits per heavy atom. The van der Waals surface area contributed by atoms with E-state index in [1.807, 2.05) is 49.4 Å². The van der Waals surface area contributed by atoms with Crippen LogP contribution in [0, 0.1) is 0 Å². The van der Waals surface area contributed by atoms with E-state index in [1.54, 1.807) is 12.1 Å². The first-order valence-corrected chi connectivity index (χ1v) is 11.8. The van der Waals surface area contributed by atoms with Gasteiger partial charge in [-0.05, 0) is 57.1 Å². The molecule has 4 rings (SSSR count). The Labute approximate surface area is 192 Å². The molecule has 1 saturated heterocycles. The van der Waals surface area contributed by atoms with Crippen molar-refractivity contribution in [2.24, 2.45) is 0 Å². The van der Waals surface area contributed by atoms with Crippen molar-refractivity contribution in [2.75, 3.05) is 18.4 Å². The summed E-state index contributed by atoms with van der Waals surface area (Å²) in [4.78, 5) is 15.2. The second-order valence-corrected chi connectivity index (χ2v) is 9.35. The van der Waals surface area contributed by atoms with Crippen molar-refractivity contribution in [1.82, 2.24) is 19.7 Å². The summed E-state index contributed by atoms with van der Waals surface area (Å²) in [6.45, 7) is 4.79. The van der Waals surface area contributed by atoms with Gasteiger partial charge in [-0.3, -0.25) is 14.3 Å². The fraction of sp³-hybridized carbons (Fsp3) is 0.348. The summed E-state index contributed by atoms with van der Waals surface area (Å²) in [5.41, 5.74) is 1.61. The van der Waals surface area contributed by atoms with Gasteiger partial charge in [-0.1, -0.05) is 60.1 Å². The third-order valence-electron chi connectivity index (χ3n) is 5.31. The first kappa shape index (κ1) is 21.9. The number of benzene rings is 2. The number of carbonyl (C=O) groups excluding carboxylic acids is 1. The van der Waals surface area contributed by atoms with Gasteiger partial charge in [0.15, 0.2) is 11.0 Å². The fourth-order valence-corrected chi connectivity index (χ4v) is 4.71. The monoisotopic (exact) mass is 455 g/mol. The van der Waals surface area contributed by atoms with Crippen LogP contribution in [0.2, 0.25) is 5.02 Å². The number of carbonyl (C=O) groups is 1. The zero-order chi connectivity index (χ0) is 21.6. The molecule has 31 heavy (non-hydrogen) atoms. The maximum absolute atomic E-state index is 12.8. The van der Waals surface area contributed by atoms with Crippen LogP contribution < -0.4 is 5.32 Å². The lowest BCUT2D eigenvalue weighted by atomic mass is 10.1. The van der Waals surface area contributed by atoms with Gasteiger partial charge >= 0.3 is 0 Å². The van der Waals surface area contributed by atoms with Crippen LogP contribution in [0.25, 0.3) is 5.69 Å². The molecule has 1 atom stereocenters. The first-order chi connectivity index (χ1) is 15.1. The lowest BCUT2D eigenvalue weighted by Crippen LogP contribution is -2.30. The van der Waals surface area contributed by atoms with Gasteiger partial charge < -0.3 is 5.32 Å². The Hall–Kier alpha value is -2.35. The average molecular weight is 456 g/mol. The van der Waals surface area contributed by atoms with Crippen LogP contribution in [0.4, 0.5) is 5.69 Å². The number of aromatic nitrogens is 3. The van der Waals surface area contributed by atoms with E-state index in [2.05, 4.69) is 25.0 Å². The zero-order valence-corrected chi connectivity index (χ0v) is 19.1. The van der Waals surface area contributed by atoms with E-state index in [0.717, 1.165) is 31.1 Å². The highest BCUT2D eigenvalue weighted by molar-refractivity contribution is 8.00. The quantitative estimate of drug-likeness (QED) is 0.506. The van der Waals surface area contributed by atoms with Crippen molar-refractivity contribution in [1.29, 1.82) is 0 Å². The van der Waals surface area contributed by atoms with E-state index >= 15 is 0 Å². The Balaban J connectivity index is 1.54. The van der Waals surface area contributed by atoms with E-state index in [0.29, 0.717) is 15.9 Å². The van der Waals surface area contributed by atoms with Gasteiger partial charge in [0, 0.05) is 5.69 Å². The second kappa shape index (κ2) is 10.3. The number of nitrogens with one attached hydrogen (secondary N) is 1. The van der Waals surface area contributed by atoms with Crippen molar-refractivity contribution in [3.8, 4) is 5.69 Å². The predicted molar refractivity (Wildman–Crippen MR) is 126 cm³/mol. The number of rotatable bonds is 7. The Morgan fingerprint density at radius 2 is 1.77 bits per heavy atom. The highest BCUT2D eigenvalue weighted by Gasteiger charge is 2.23. The molecule has 162 valence electrons. The van der Waals surface area contributed by atoms with Crippen LogP contribution in [-0.2, 0) is 11.3 Å². The minimum absolute atomic E-state index is 0.127. The first-order valence-electron chi connectivity index (χ1n) is 10.6. The molecule has 3 aromatic rings. The third-order valence-corrected chi connectivity index (χ3v) is 6.68.